The Bertz CT molecular complexity index is 3590. The number of nitrogens with zero attached hydrogens (tertiary/aromatic N) is 3. The summed E-state index contributed by atoms with van der Waals surface area (Å²) in [7, 11) is 0. The van der Waals surface area contributed by atoms with Crippen LogP contribution in [-0.4, -0.2) is 15.0 Å². The zero-order chi connectivity index (χ0) is 40.3. The summed E-state index contributed by atoms with van der Waals surface area (Å²) in [4.78, 5) is 15.6. The first-order valence-electron chi connectivity index (χ1n) is 20.6. The molecule has 0 saturated carbocycles. The molecule has 0 fully saturated rings. The number of para-hydroxylation sites is 2. The van der Waals surface area contributed by atoms with Crippen LogP contribution in [0, 0.1) is 0 Å². The molecule has 4 nitrogen and oxygen atoms in total. The summed E-state index contributed by atoms with van der Waals surface area (Å²) in [5.41, 5.74) is 11.4. The lowest BCUT2D eigenvalue weighted by atomic mass is 9.84. The number of hydrogen-bond acceptors (Lipinski definition) is 4. The van der Waals surface area contributed by atoms with Crippen molar-refractivity contribution in [1.29, 1.82) is 0 Å². The number of hydrogen-bond donors (Lipinski definition) is 0. The molecule has 4 heteroatoms. The van der Waals surface area contributed by atoms with Crippen molar-refractivity contribution in [3.05, 3.63) is 212 Å². The third-order valence-corrected chi connectivity index (χ3v) is 11.9. The van der Waals surface area contributed by atoms with Crippen LogP contribution < -0.4 is 0 Å². The maximum absolute atomic E-state index is 6.50. The molecule has 0 unspecified atom stereocenters. The van der Waals surface area contributed by atoms with Gasteiger partial charge in [0.15, 0.2) is 17.5 Å². The van der Waals surface area contributed by atoms with Gasteiger partial charge in [-0.05, 0) is 90.0 Å². The number of rotatable bonds is 6. The van der Waals surface area contributed by atoms with Crippen LogP contribution in [0.25, 0.3) is 122 Å². The zero-order valence-corrected chi connectivity index (χ0v) is 33.0. The van der Waals surface area contributed by atoms with Gasteiger partial charge in [0.2, 0.25) is 0 Å². The number of furan rings is 1. The van der Waals surface area contributed by atoms with E-state index in [9.17, 15) is 0 Å². The average Bonchev–Trinajstić information content (AvgIpc) is 3.72. The molecule has 0 radical (unpaired) electrons. The molecule has 0 aliphatic carbocycles. The quantitative estimate of drug-likeness (QED) is 0.158. The summed E-state index contributed by atoms with van der Waals surface area (Å²) in [5, 5.41) is 9.10. The van der Waals surface area contributed by atoms with Crippen molar-refractivity contribution in [2.75, 3.05) is 0 Å². The number of aromatic nitrogens is 3. The van der Waals surface area contributed by atoms with Crippen LogP contribution in [0.4, 0.5) is 0 Å². The molecule has 2 aromatic heterocycles. The van der Waals surface area contributed by atoms with Gasteiger partial charge in [0.05, 0.1) is 5.56 Å². The summed E-state index contributed by atoms with van der Waals surface area (Å²) in [6, 6.07) is 74.8. The SMILES string of the molecule is c1ccc(-c2cccc(-c3c4ccccc4c(-c4ccc(-c5nc(-c6ccccc6)nc(-c6cccc7c6oc6ccccc67)n5)c5ccccc45)c4ccccc34)c2)cc1. The van der Waals surface area contributed by atoms with Crippen molar-refractivity contribution in [2.24, 2.45) is 0 Å². The van der Waals surface area contributed by atoms with Crippen LogP contribution in [0.2, 0.25) is 0 Å². The second kappa shape index (κ2) is 14.3. The smallest absolute Gasteiger partial charge is 0.167 e. The Morgan fingerprint density at radius 1 is 0.262 bits per heavy atom. The molecule has 284 valence electrons. The summed E-state index contributed by atoms with van der Waals surface area (Å²) in [6.45, 7) is 0. The summed E-state index contributed by atoms with van der Waals surface area (Å²) >= 11 is 0. The second-order valence-electron chi connectivity index (χ2n) is 15.4. The second-order valence-corrected chi connectivity index (χ2v) is 15.4. The van der Waals surface area contributed by atoms with E-state index in [0.717, 1.165) is 55.0 Å². The van der Waals surface area contributed by atoms with E-state index in [4.69, 9.17) is 19.4 Å². The lowest BCUT2D eigenvalue weighted by molar-refractivity contribution is 0.669. The molecule has 2 heterocycles. The maximum Gasteiger partial charge on any atom is 0.167 e. The molecule has 10 aromatic carbocycles. The molecule has 0 amide bonds. The zero-order valence-electron chi connectivity index (χ0n) is 33.0. The Kier molecular flexibility index (Phi) is 8.13. The van der Waals surface area contributed by atoms with E-state index >= 15 is 0 Å². The lowest BCUT2D eigenvalue weighted by Crippen LogP contribution is -2.01. The third-order valence-electron chi connectivity index (χ3n) is 11.9. The molecule has 0 aliphatic heterocycles. The van der Waals surface area contributed by atoms with Crippen LogP contribution in [-0.2, 0) is 0 Å². The topological polar surface area (TPSA) is 51.8 Å². The standard InChI is InChI=1S/C57H35N3O/c1-3-17-36(18-4-1)38-21-15-22-39(35-38)52-43-26-9-11-28-45(43)53(46-29-12-10-27-44(46)52)47-33-34-49(41-24-8-7-23-40(41)47)56-58-55(37-19-5-2-6-20-37)59-57(60-56)50-31-16-30-48-42-25-13-14-32-51(42)61-54(48)50/h1-35H. The Balaban J connectivity index is 1.08. The average molecular weight is 778 g/mol. The van der Waals surface area contributed by atoms with Crippen molar-refractivity contribution < 1.29 is 4.42 Å². The van der Waals surface area contributed by atoms with E-state index in [0.29, 0.717) is 17.5 Å². The van der Waals surface area contributed by atoms with Gasteiger partial charge in [-0.2, -0.15) is 0 Å². The molecule has 0 spiro atoms. The van der Waals surface area contributed by atoms with Crippen LogP contribution >= 0.6 is 0 Å². The van der Waals surface area contributed by atoms with Crippen molar-refractivity contribution in [3.63, 3.8) is 0 Å². The van der Waals surface area contributed by atoms with Gasteiger partial charge in [-0.3, -0.25) is 0 Å². The molecule has 0 bridgehead atoms. The van der Waals surface area contributed by atoms with E-state index in [2.05, 4.69) is 158 Å². The first kappa shape index (κ1) is 34.8. The van der Waals surface area contributed by atoms with E-state index in [-0.39, 0.29) is 0 Å². The van der Waals surface area contributed by atoms with Gasteiger partial charge in [-0.25, -0.2) is 15.0 Å². The predicted molar refractivity (Wildman–Crippen MR) is 252 cm³/mol. The van der Waals surface area contributed by atoms with Crippen LogP contribution in [0.5, 0.6) is 0 Å². The first-order chi connectivity index (χ1) is 30.3. The third kappa shape index (κ3) is 5.80. The highest BCUT2D eigenvalue weighted by molar-refractivity contribution is 6.24. The monoisotopic (exact) mass is 777 g/mol. The van der Waals surface area contributed by atoms with Crippen molar-refractivity contribution in [3.8, 4) is 67.5 Å². The maximum atomic E-state index is 6.50. The van der Waals surface area contributed by atoms with Gasteiger partial charge >= 0.3 is 0 Å². The minimum absolute atomic E-state index is 0.561. The highest BCUT2D eigenvalue weighted by Gasteiger charge is 2.22. The minimum atomic E-state index is 0.561. The number of fused-ring (bicyclic) bond motifs is 6. The predicted octanol–water partition coefficient (Wildman–Crippen LogP) is 15.2. The minimum Gasteiger partial charge on any atom is -0.455 e. The molecular weight excluding hydrogens is 743 g/mol. The summed E-state index contributed by atoms with van der Waals surface area (Å²) in [6.07, 6.45) is 0. The van der Waals surface area contributed by atoms with Crippen molar-refractivity contribution in [1.82, 2.24) is 15.0 Å². The molecule has 0 N–H and O–H groups in total. The van der Waals surface area contributed by atoms with E-state index < -0.39 is 0 Å². The normalized spacial score (nSPS) is 11.6. The molecule has 61 heavy (non-hydrogen) atoms. The fraction of sp³-hybridized carbons (Fsp3) is 0. The van der Waals surface area contributed by atoms with Gasteiger partial charge in [-0.1, -0.05) is 188 Å². The summed E-state index contributed by atoms with van der Waals surface area (Å²) in [5.74, 6) is 1.76. The van der Waals surface area contributed by atoms with E-state index in [1.807, 2.05) is 54.6 Å². The number of benzene rings is 10. The highest BCUT2D eigenvalue weighted by atomic mass is 16.3. The van der Waals surface area contributed by atoms with Crippen LogP contribution in [0.15, 0.2) is 217 Å². The first-order valence-corrected chi connectivity index (χ1v) is 20.6. The van der Waals surface area contributed by atoms with Gasteiger partial charge in [0, 0.05) is 21.9 Å². The molecule has 12 aromatic rings. The summed E-state index contributed by atoms with van der Waals surface area (Å²) < 4.78 is 6.50. The Morgan fingerprint density at radius 2 is 0.721 bits per heavy atom. The van der Waals surface area contributed by atoms with Crippen molar-refractivity contribution in [2.45, 2.75) is 0 Å². The van der Waals surface area contributed by atoms with E-state index in [1.54, 1.807) is 0 Å². The fourth-order valence-corrected chi connectivity index (χ4v) is 9.18. The molecule has 0 atom stereocenters. The molecule has 0 saturated heterocycles. The fourth-order valence-electron chi connectivity index (χ4n) is 9.18. The molecule has 0 aliphatic rings. The Labute approximate surface area is 352 Å². The Morgan fingerprint density at radius 3 is 1.41 bits per heavy atom. The van der Waals surface area contributed by atoms with E-state index in [1.165, 1.54) is 49.4 Å². The lowest BCUT2D eigenvalue weighted by Gasteiger charge is -2.20. The van der Waals surface area contributed by atoms with Crippen LogP contribution in [0.1, 0.15) is 0 Å². The largest absolute Gasteiger partial charge is 0.455 e. The van der Waals surface area contributed by atoms with Gasteiger partial charge in [0.25, 0.3) is 0 Å². The molecular formula is C57H35N3O. The highest BCUT2D eigenvalue weighted by Crippen LogP contribution is 2.47. The van der Waals surface area contributed by atoms with Gasteiger partial charge < -0.3 is 4.42 Å². The van der Waals surface area contributed by atoms with Gasteiger partial charge in [0.1, 0.15) is 11.2 Å². The Hall–Kier alpha value is -8.21. The molecule has 12 rings (SSSR count). The van der Waals surface area contributed by atoms with Crippen LogP contribution in [0.3, 0.4) is 0 Å². The van der Waals surface area contributed by atoms with Gasteiger partial charge in [-0.15, -0.1) is 0 Å². The van der Waals surface area contributed by atoms with Crippen molar-refractivity contribution >= 4 is 54.3 Å².